The van der Waals surface area contributed by atoms with Crippen molar-refractivity contribution in [3.63, 3.8) is 0 Å². The smallest absolute Gasteiger partial charge is 0.411 e. The van der Waals surface area contributed by atoms with Gasteiger partial charge in [-0.3, -0.25) is 9.69 Å². The molecule has 2 amide bonds. The average molecular weight is 318 g/mol. The van der Waals surface area contributed by atoms with Crippen LogP contribution in [0, 0.1) is 0 Å². The number of piperazine rings is 1. The Balaban J connectivity index is 1.80. The molecule has 23 heavy (non-hydrogen) atoms. The van der Waals surface area contributed by atoms with Gasteiger partial charge in [0, 0.05) is 6.54 Å². The van der Waals surface area contributed by atoms with Crippen LogP contribution in [0.25, 0.3) is 0 Å². The minimum Gasteiger partial charge on any atom is -0.444 e. The maximum atomic E-state index is 12.8. The van der Waals surface area contributed by atoms with Gasteiger partial charge in [0.1, 0.15) is 17.5 Å². The number of carbonyl (C=O) groups excluding carboxylic acids is 2. The molecule has 2 aliphatic heterocycles. The maximum Gasteiger partial charge on any atom is 0.411 e. The third-order valence-electron chi connectivity index (χ3n) is 4.13. The minimum absolute atomic E-state index is 0.0231. The molecule has 1 aromatic rings. The first-order valence-electron chi connectivity index (χ1n) is 7.80. The number of nitrogens with zero attached hydrogens (tertiary/aromatic N) is 3. The Morgan fingerprint density at radius 2 is 2.09 bits per heavy atom. The summed E-state index contributed by atoms with van der Waals surface area (Å²) in [5.74, 6) is 0.327. The zero-order chi connectivity index (χ0) is 16.8. The fourth-order valence-corrected chi connectivity index (χ4v) is 3.17. The van der Waals surface area contributed by atoms with Crippen LogP contribution in [0.3, 0.4) is 0 Å². The Kier molecular flexibility index (Phi) is 3.66. The van der Waals surface area contributed by atoms with Gasteiger partial charge in [-0.25, -0.2) is 9.78 Å². The van der Waals surface area contributed by atoms with Gasteiger partial charge in [0.15, 0.2) is 0 Å². The van der Waals surface area contributed by atoms with Crippen LogP contribution in [0.5, 0.6) is 0 Å². The summed E-state index contributed by atoms with van der Waals surface area (Å²) >= 11 is 0. The van der Waals surface area contributed by atoms with Crippen molar-refractivity contribution in [1.82, 2.24) is 9.88 Å². The highest BCUT2D eigenvalue weighted by atomic mass is 16.6. The largest absolute Gasteiger partial charge is 0.444 e. The van der Waals surface area contributed by atoms with Crippen molar-refractivity contribution >= 4 is 23.5 Å². The summed E-state index contributed by atoms with van der Waals surface area (Å²) in [6.45, 7) is 5.93. The minimum atomic E-state index is -0.572. The number of nitrogen functional groups attached to an aromatic ring is 1. The lowest BCUT2D eigenvalue weighted by Crippen LogP contribution is -2.59. The molecule has 2 saturated heterocycles. The summed E-state index contributed by atoms with van der Waals surface area (Å²) in [4.78, 5) is 32.5. The van der Waals surface area contributed by atoms with Gasteiger partial charge in [-0.15, -0.1) is 0 Å². The fourth-order valence-electron chi connectivity index (χ4n) is 3.17. The van der Waals surface area contributed by atoms with E-state index < -0.39 is 17.7 Å². The average Bonchev–Trinajstić information content (AvgIpc) is 2.80. The molecule has 0 aromatic carbocycles. The van der Waals surface area contributed by atoms with Crippen molar-refractivity contribution in [3.05, 3.63) is 18.3 Å². The molecule has 7 heteroatoms. The van der Waals surface area contributed by atoms with Crippen molar-refractivity contribution in [2.45, 2.75) is 51.3 Å². The zero-order valence-electron chi connectivity index (χ0n) is 13.7. The summed E-state index contributed by atoms with van der Waals surface area (Å²) in [7, 11) is 0. The third-order valence-corrected chi connectivity index (χ3v) is 4.13. The fraction of sp³-hybridized carbons (Fsp3) is 0.562. The number of ether oxygens (including phenoxy) is 1. The molecule has 124 valence electrons. The van der Waals surface area contributed by atoms with E-state index in [0.29, 0.717) is 24.5 Å². The summed E-state index contributed by atoms with van der Waals surface area (Å²) in [5.41, 5.74) is 5.74. The molecule has 0 spiro atoms. The highest BCUT2D eigenvalue weighted by Crippen LogP contribution is 2.34. The summed E-state index contributed by atoms with van der Waals surface area (Å²) in [5, 5.41) is 0. The van der Waals surface area contributed by atoms with Crippen molar-refractivity contribution in [2.24, 2.45) is 0 Å². The lowest BCUT2D eigenvalue weighted by atomic mass is 10.1. The number of nitrogens with two attached hydrogens (primary N) is 1. The topological polar surface area (TPSA) is 88.8 Å². The number of carbonyl (C=O) groups is 2. The molecule has 7 nitrogen and oxygen atoms in total. The molecule has 2 atom stereocenters. The predicted molar refractivity (Wildman–Crippen MR) is 85.9 cm³/mol. The number of pyridine rings is 1. The number of hydrogen-bond acceptors (Lipinski definition) is 5. The van der Waals surface area contributed by atoms with Gasteiger partial charge in [0.2, 0.25) is 5.91 Å². The molecular formula is C16H22N4O3. The first-order chi connectivity index (χ1) is 10.8. The monoisotopic (exact) mass is 318 g/mol. The number of fused-ring (bicyclic) bond motifs is 2. The molecule has 3 rings (SSSR count). The molecule has 2 N–H and O–H groups in total. The Morgan fingerprint density at radius 3 is 2.70 bits per heavy atom. The van der Waals surface area contributed by atoms with E-state index in [1.165, 1.54) is 0 Å². The second-order valence-electron chi connectivity index (χ2n) is 7.02. The number of rotatable bonds is 1. The lowest BCUT2D eigenvalue weighted by molar-refractivity contribution is -0.125. The van der Waals surface area contributed by atoms with Crippen molar-refractivity contribution in [1.29, 1.82) is 0 Å². The van der Waals surface area contributed by atoms with Crippen LogP contribution in [0.15, 0.2) is 18.3 Å². The highest BCUT2D eigenvalue weighted by Gasteiger charge is 2.49. The Hall–Kier alpha value is -2.31. The highest BCUT2D eigenvalue weighted by molar-refractivity contribution is 6.00. The zero-order valence-corrected chi connectivity index (χ0v) is 13.7. The number of hydrogen-bond donors (Lipinski definition) is 1. The maximum absolute atomic E-state index is 12.8. The molecule has 2 bridgehead atoms. The van der Waals surface area contributed by atoms with E-state index in [9.17, 15) is 9.59 Å². The Bertz CT molecular complexity index is 623. The molecular weight excluding hydrogens is 296 g/mol. The SMILES string of the molecule is CC(C)(C)OC(=O)N1C2CCC1C(=O)N(c1ccc(N)nc1)C2. The van der Waals surface area contributed by atoms with Crippen LogP contribution in [0.2, 0.25) is 0 Å². The van der Waals surface area contributed by atoms with E-state index in [1.54, 1.807) is 28.1 Å². The molecule has 0 saturated carbocycles. The van der Waals surface area contributed by atoms with Crippen LogP contribution in [0.1, 0.15) is 33.6 Å². The Labute approximate surface area is 135 Å². The van der Waals surface area contributed by atoms with Gasteiger partial charge < -0.3 is 15.4 Å². The van der Waals surface area contributed by atoms with Gasteiger partial charge in [-0.1, -0.05) is 0 Å². The molecule has 3 heterocycles. The van der Waals surface area contributed by atoms with Crippen LogP contribution < -0.4 is 10.6 Å². The van der Waals surface area contributed by atoms with Gasteiger partial charge in [-0.2, -0.15) is 0 Å². The normalized spacial score (nSPS) is 24.0. The van der Waals surface area contributed by atoms with Crippen LogP contribution in [-0.2, 0) is 9.53 Å². The van der Waals surface area contributed by atoms with Crippen molar-refractivity contribution in [3.8, 4) is 0 Å². The second-order valence-corrected chi connectivity index (χ2v) is 7.02. The lowest BCUT2D eigenvalue weighted by Gasteiger charge is -2.40. The third kappa shape index (κ3) is 2.95. The standard InChI is InChI=1S/C16H22N4O3/c1-16(2,3)23-15(22)20-11-4-6-12(20)14(21)19(9-11)10-5-7-13(17)18-8-10/h5,7-8,11-12H,4,6,9H2,1-3H3,(H2,17,18). The van der Waals surface area contributed by atoms with Gasteiger partial charge in [0.05, 0.1) is 17.9 Å². The van der Waals surface area contributed by atoms with E-state index >= 15 is 0 Å². The molecule has 2 fully saturated rings. The Morgan fingerprint density at radius 1 is 1.35 bits per heavy atom. The van der Waals surface area contributed by atoms with E-state index in [1.807, 2.05) is 20.8 Å². The van der Waals surface area contributed by atoms with E-state index in [2.05, 4.69) is 4.98 Å². The first-order valence-corrected chi connectivity index (χ1v) is 7.80. The van der Waals surface area contributed by atoms with Gasteiger partial charge >= 0.3 is 6.09 Å². The van der Waals surface area contributed by atoms with Crippen LogP contribution in [0.4, 0.5) is 16.3 Å². The summed E-state index contributed by atoms with van der Waals surface area (Å²) < 4.78 is 5.45. The molecule has 0 aliphatic carbocycles. The van der Waals surface area contributed by atoms with E-state index in [-0.39, 0.29) is 11.9 Å². The van der Waals surface area contributed by atoms with Crippen LogP contribution >= 0.6 is 0 Å². The summed E-state index contributed by atoms with van der Waals surface area (Å²) in [6.07, 6.45) is 2.65. The van der Waals surface area contributed by atoms with Gasteiger partial charge in [-0.05, 0) is 45.7 Å². The molecule has 1 aromatic heterocycles. The van der Waals surface area contributed by atoms with Crippen LogP contribution in [-0.4, -0.2) is 46.1 Å². The number of anilines is 2. The van der Waals surface area contributed by atoms with E-state index in [0.717, 1.165) is 6.42 Å². The summed E-state index contributed by atoms with van der Waals surface area (Å²) in [6, 6.07) is 2.97. The molecule has 2 aliphatic rings. The van der Waals surface area contributed by atoms with E-state index in [4.69, 9.17) is 10.5 Å². The number of aromatic nitrogens is 1. The van der Waals surface area contributed by atoms with Crippen molar-refractivity contribution in [2.75, 3.05) is 17.2 Å². The molecule has 2 unspecified atom stereocenters. The first kappa shape index (κ1) is 15.6. The van der Waals surface area contributed by atoms with Crippen molar-refractivity contribution < 1.29 is 14.3 Å². The second kappa shape index (κ2) is 5.40. The predicted octanol–water partition coefficient (Wildman–Crippen LogP) is 1.78. The van der Waals surface area contributed by atoms with Gasteiger partial charge in [0.25, 0.3) is 0 Å². The molecule has 0 radical (unpaired) electrons. The number of amides is 2. The quantitative estimate of drug-likeness (QED) is 0.852.